The van der Waals surface area contributed by atoms with Gasteiger partial charge in [0.25, 0.3) is 0 Å². The first-order chi connectivity index (χ1) is 12.8. The SMILES string of the molecule is Clc1ccc(C2(c3csc(NCCN4CCOCC4)n3)CCCC2)cc1. The Morgan fingerprint density at radius 1 is 1.15 bits per heavy atom. The molecule has 2 aliphatic rings. The number of halogens is 1. The van der Waals surface area contributed by atoms with Crippen LogP contribution in [0.2, 0.25) is 5.02 Å². The average Bonchev–Trinajstić information content (AvgIpc) is 3.33. The summed E-state index contributed by atoms with van der Waals surface area (Å²) in [6.45, 7) is 5.74. The van der Waals surface area contributed by atoms with Crippen LogP contribution in [-0.2, 0) is 10.2 Å². The van der Waals surface area contributed by atoms with Crippen molar-refractivity contribution in [3.8, 4) is 0 Å². The van der Waals surface area contributed by atoms with Gasteiger partial charge in [-0.2, -0.15) is 0 Å². The minimum atomic E-state index is 0.0607. The van der Waals surface area contributed by atoms with Crippen LogP contribution in [0.1, 0.15) is 36.9 Å². The Bertz CT molecular complexity index is 706. The van der Waals surface area contributed by atoms with E-state index in [1.165, 1.54) is 36.9 Å². The normalized spacial score (nSPS) is 20.3. The summed E-state index contributed by atoms with van der Waals surface area (Å²) in [6.07, 6.45) is 4.87. The van der Waals surface area contributed by atoms with Crippen molar-refractivity contribution < 1.29 is 4.74 Å². The molecule has 0 amide bonds. The van der Waals surface area contributed by atoms with E-state index in [0.29, 0.717) is 0 Å². The number of aromatic nitrogens is 1. The molecule has 1 aromatic carbocycles. The first-order valence-corrected chi connectivity index (χ1v) is 10.8. The van der Waals surface area contributed by atoms with Gasteiger partial charge in [-0.15, -0.1) is 11.3 Å². The second-order valence-electron chi connectivity index (χ2n) is 7.21. The maximum absolute atomic E-state index is 6.10. The van der Waals surface area contributed by atoms with Crippen molar-refractivity contribution in [3.63, 3.8) is 0 Å². The molecular weight excluding hydrogens is 366 g/mol. The molecule has 0 unspecified atom stereocenters. The molecule has 0 radical (unpaired) electrons. The topological polar surface area (TPSA) is 37.4 Å². The van der Waals surface area contributed by atoms with Gasteiger partial charge in [0.05, 0.1) is 18.9 Å². The molecule has 140 valence electrons. The summed E-state index contributed by atoms with van der Waals surface area (Å²) in [5.74, 6) is 0. The van der Waals surface area contributed by atoms with Crippen LogP contribution in [0.3, 0.4) is 0 Å². The van der Waals surface area contributed by atoms with E-state index < -0.39 is 0 Å². The van der Waals surface area contributed by atoms with Crippen molar-refractivity contribution in [1.82, 2.24) is 9.88 Å². The zero-order valence-corrected chi connectivity index (χ0v) is 16.6. The van der Waals surface area contributed by atoms with Gasteiger partial charge in [0.15, 0.2) is 5.13 Å². The molecule has 1 aromatic heterocycles. The molecule has 4 nitrogen and oxygen atoms in total. The zero-order chi connectivity index (χ0) is 17.8. The Kier molecular flexibility index (Phi) is 5.79. The highest BCUT2D eigenvalue weighted by Gasteiger charge is 2.39. The van der Waals surface area contributed by atoms with Crippen LogP contribution >= 0.6 is 22.9 Å². The maximum atomic E-state index is 6.10. The molecule has 1 aliphatic heterocycles. The van der Waals surface area contributed by atoms with Crippen LogP contribution in [0.15, 0.2) is 29.6 Å². The molecule has 2 fully saturated rings. The molecule has 2 aromatic rings. The van der Waals surface area contributed by atoms with Gasteiger partial charge in [-0.3, -0.25) is 4.90 Å². The smallest absolute Gasteiger partial charge is 0.182 e. The zero-order valence-electron chi connectivity index (χ0n) is 15.0. The molecule has 0 atom stereocenters. The Morgan fingerprint density at radius 3 is 2.62 bits per heavy atom. The summed E-state index contributed by atoms with van der Waals surface area (Å²) in [5.41, 5.74) is 2.63. The lowest BCUT2D eigenvalue weighted by molar-refractivity contribution is 0.0398. The van der Waals surface area contributed by atoms with E-state index in [4.69, 9.17) is 21.3 Å². The van der Waals surface area contributed by atoms with E-state index in [1.54, 1.807) is 11.3 Å². The third kappa shape index (κ3) is 3.91. The van der Waals surface area contributed by atoms with Gasteiger partial charge in [-0.25, -0.2) is 4.98 Å². The van der Waals surface area contributed by atoms with Crippen molar-refractivity contribution in [1.29, 1.82) is 0 Å². The molecule has 1 saturated carbocycles. The van der Waals surface area contributed by atoms with E-state index in [0.717, 1.165) is 49.5 Å². The predicted molar refractivity (Wildman–Crippen MR) is 109 cm³/mol. The highest BCUT2D eigenvalue weighted by atomic mass is 35.5. The van der Waals surface area contributed by atoms with Gasteiger partial charge in [0.2, 0.25) is 0 Å². The molecule has 26 heavy (non-hydrogen) atoms. The minimum absolute atomic E-state index is 0.0607. The molecule has 0 bridgehead atoms. The monoisotopic (exact) mass is 391 g/mol. The third-order valence-electron chi connectivity index (χ3n) is 5.66. The summed E-state index contributed by atoms with van der Waals surface area (Å²) >= 11 is 7.83. The molecule has 4 rings (SSSR count). The van der Waals surface area contributed by atoms with Gasteiger partial charge in [0, 0.05) is 42.0 Å². The maximum Gasteiger partial charge on any atom is 0.182 e. The van der Waals surface area contributed by atoms with Crippen molar-refractivity contribution in [3.05, 3.63) is 45.9 Å². The highest BCUT2D eigenvalue weighted by Crippen LogP contribution is 2.47. The van der Waals surface area contributed by atoms with E-state index in [-0.39, 0.29) is 5.41 Å². The van der Waals surface area contributed by atoms with E-state index >= 15 is 0 Å². The van der Waals surface area contributed by atoms with Crippen LogP contribution < -0.4 is 5.32 Å². The molecule has 0 spiro atoms. The van der Waals surface area contributed by atoms with Gasteiger partial charge < -0.3 is 10.1 Å². The number of nitrogens with one attached hydrogen (secondary N) is 1. The quantitative estimate of drug-likeness (QED) is 0.791. The summed E-state index contributed by atoms with van der Waals surface area (Å²) in [5, 5.41) is 7.60. The number of ether oxygens (including phenoxy) is 1. The lowest BCUT2D eigenvalue weighted by Crippen LogP contribution is -2.39. The highest BCUT2D eigenvalue weighted by molar-refractivity contribution is 7.13. The molecular formula is C20H26ClN3OS. The van der Waals surface area contributed by atoms with E-state index in [1.807, 2.05) is 12.1 Å². The standard InChI is InChI=1S/C20H26ClN3OS/c21-17-5-3-16(4-6-17)20(7-1-2-8-20)18-15-26-19(23-18)22-9-10-24-11-13-25-14-12-24/h3-6,15H,1-2,7-14H2,(H,22,23). The first kappa shape index (κ1) is 18.2. The van der Waals surface area contributed by atoms with Crippen LogP contribution in [0.5, 0.6) is 0 Å². The second-order valence-corrected chi connectivity index (χ2v) is 8.51. The van der Waals surface area contributed by atoms with Crippen LogP contribution in [-0.4, -0.2) is 49.3 Å². The summed E-state index contributed by atoms with van der Waals surface area (Å²) in [4.78, 5) is 7.42. The molecule has 1 N–H and O–H groups in total. The molecule has 2 heterocycles. The van der Waals surface area contributed by atoms with Crippen LogP contribution in [0.4, 0.5) is 5.13 Å². The summed E-state index contributed by atoms with van der Waals surface area (Å²) in [6, 6.07) is 8.37. The lowest BCUT2D eigenvalue weighted by atomic mass is 9.76. The van der Waals surface area contributed by atoms with E-state index in [2.05, 4.69) is 27.7 Å². The Morgan fingerprint density at radius 2 is 1.88 bits per heavy atom. The van der Waals surface area contributed by atoms with Crippen LogP contribution in [0.25, 0.3) is 0 Å². The Hall–Kier alpha value is -1.14. The van der Waals surface area contributed by atoms with Gasteiger partial charge in [-0.1, -0.05) is 36.6 Å². The number of thiazole rings is 1. The van der Waals surface area contributed by atoms with Crippen molar-refractivity contribution in [2.24, 2.45) is 0 Å². The fourth-order valence-electron chi connectivity index (χ4n) is 4.16. The number of benzene rings is 1. The van der Waals surface area contributed by atoms with Crippen LogP contribution in [0, 0.1) is 0 Å². The number of hydrogen-bond acceptors (Lipinski definition) is 5. The van der Waals surface area contributed by atoms with Gasteiger partial charge >= 0.3 is 0 Å². The van der Waals surface area contributed by atoms with Crippen molar-refractivity contribution >= 4 is 28.1 Å². The van der Waals surface area contributed by atoms with Crippen molar-refractivity contribution in [2.45, 2.75) is 31.1 Å². The molecule has 1 aliphatic carbocycles. The molecule has 6 heteroatoms. The number of morpholine rings is 1. The fourth-order valence-corrected chi connectivity index (χ4v) is 5.12. The fraction of sp³-hybridized carbons (Fsp3) is 0.550. The second kappa shape index (κ2) is 8.26. The Labute approximate surface area is 164 Å². The number of hydrogen-bond donors (Lipinski definition) is 1. The number of rotatable bonds is 6. The number of nitrogens with zero attached hydrogens (tertiary/aromatic N) is 2. The van der Waals surface area contributed by atoms with Crippen molar-refractivity contribution in [2.75, 3.05) is 44.7 Å². The Balaban J connectivity index is 1.44. The predicted octanol–water partition coefficient (Wildman–Crippen LogP) is 4.40. The largest absolute Gasteiger partial charge is 0.379 e. The van der Waals surface area contributed by atoms with Gasteiger partial charge in [0.1, 0.15) is 0 Å². The number of anilines is 1. The average molecular weight is 392 g/mol. The summed E-state index contributed by atoms with van der Waals surface area (Å²) < 4.78 is 5.40. The third-order valence-corrected chi connectivity index (χ3v) is 6.71. The molecule has 1 saturated heterocycles. The summed E-state index contributed by atoms with van der Waals surface area (Å²) in [7, 11) is 0. The van der Waals surface area contributed by atoms with E-state index in [9.17, 15) is 0 Å². The minimum Gasteiger partial charge on any atom is -0.379 e. The van der Waals surface area contributed by atoms with Gasteiger partial charge in [-0.05, 0) is 30.5 Å². The first-order valence-electron chi connectivity index (χ1n) is 9.52. The lowest BCUT2D eigenvalue weighted by Gasteiger charge is -2.28.